The van der Waals surface area contributed by atoms with E-state index < -0.39 is 11.9 Å². The quantitative estimate of drug-likeness (QED) is 0.596. The first-order valence-electron chi connectivity index (χ1n) is 8.87. The van der Waals surface area contributed by atoms with Gasteiger partial charge in [-0.2, -0.15) is 0 Å². The number of carbonyl (C=O) groups excluding carboxylic acids is 2. The van der Waals surface area contributed by atoms with Gasteiger partial charge in [0.15, 0.2) is 0 Å². The van der Waals surface area contributed by atoms with Gasteiger partial charge >= 0.3 is 5.97 Å². The van der Waals surface area contributed by atoms with E-state index in [1.165, 1.54) is 13.1 Å². The van der Waals surface area contributed by atoms with E-state index in [1.807, 2.05) is 67.6 Å². The summed E-state index contributed by atoms with van der Waals surface area (Å²) in [5.74, 6) is -1.00. The summed E-state index contributed by atoms with van der Waals surface area (Å²) in [5, 5.41) is 0. The third kappa shape index (κ3) is 4.31. The van der Waals surface area contributed by atoms with Gasteiger partial charge in [-0.1, -0.05) is 60.7 Å². The van der Waals surface area contributed by atoms with E-state index in [2.05, 4.69) is 4.98 Å². The number of aromatic nitrogens is 2. The highest BCUT2D eigenvalue weighted by molar-refractivity contribution is 5.88. The van der Waals surface area contributed by atoms with Crippen molar-refractivity contribution in [3.05, 3.63) is 90.0 Å². The number of esters is 1. The average Bonchev–Trinajstić information content (AvgIpc) is 3.18. The molecule has 0 N–H and O–H groups in total. The molecular weight excluding hydrogens is 340 g/mol. The van der Waals surface area contributed by atoms with Gasteiger partial charge in [-0.25, -0.2) is 9.78 Å². The lowest BCUT2D eigenvalue weighted by Crippen LogP contribution is -2.21. The Morgan fingerprint density at radius 3 is 2.19 bits per heavy atom. The largest absolute Gasteiger partial charge is 0.460 e. The van der Waals surface area contributed by atoms with Crippen molar-refractivity contribution in [2.75, 3.05) is 6.61 Å². The molecule has 1 heterocycles. The van der Waals surface area contributed by atoms with Crippen LogP contribution >= 0.6 is 0 Å². The second kappa shape index (κ2) is 8.45. The van der Waals surface area contributed by atoms with Crippen molar-refractivity contribution in [3.8, 4) is 0 Å². The maximum absolute atomic E-state index is 12.6. The molecule has 0 saturated heterocycles. The van der Waals surface area contributed by atoms with Crippen LogP contribution in [0.15, 0.2) is 73.2 Å². The number of imidazole rings is 1. The van der Waals surface area contributed by atoms with Gasteiger partial charge in [-0.3, -0.25) is 4.79 Å². The fourth-order valence-corrected chi connectivity index (χ4v) is 3.03. The van der Waals surface area contributed by atoms with E-state index in [9.17, 15) is 9.59 Å². The standard InChI is InChI=1S/C22H22N2O3/c1-16(18-9-5-3-6-10-18)24-15-23-13-21(24)22(26)27-14-20(17(2)25)19-11-7-4-8-12-19/h3-13,15-16,20H,14H2,1-2H3/t16-,20?/m1/s1. The molecule has 3 aromatic rings. The van der Waals surface area contributed by atoms with Gasteiger partial charge in [-0.05, 0) is 25.0 Å². The highest BCUT2D eigenvalue weighted by Crippen LogP contribution is 2.21. The molecule has 0 aliphatic carbocycles. The van der Waals surface area contributed by atoms with Crippen LogP contribution < -0.4 is 0 Å². The Kier molecular flexibility index (Phi) is 5.81. The summed E-state index contributed by atoms with van der Waals surface area (Å²) < 4.78 is 7.25. The zero-order valence-electron chi connectivity index (χ0n) is 15.4. The van der Waals surface area contributed by atoms with Crippen LogP contribution in [0.3, 0.4) is 0 Å². The molecule has 0 aliphatic heterocycles. The SMILES string of the molecule is CC(=O)C(COC(=O)c1cncn1[C@H](C)c1ccccc1)c1ccccc1. The number of nitrogens with zero attached hydrogens (tertiary/aromatic N) is 2. The lowest BCUT2D eigenvalue weighted by Gasteiger charge is -2.18. The minimum absolute atomic E-state index is 0.00305. The molecule has 0 radical (unpaired) electrons. The fourth-order valence-electron chi connectivity index (χ4n) is 3.03. The maximum atomic E-state index is 12.6. The Labute approximate surface area is 158 Å². The number of carbonyl (C=O) groups is 2. The van der Waals surface area contributed by atoms with E-state index in [0.717, 1.165) is 11.1 Å². The molecule has 2 atom stereocenters. The van der Waals surface area contributed by atoms with Gasteiger partial charge in [0.1, 0.15) is 18.1 Å². The summed E-state index contributed by atoms with van der Waals surface area (Å²) >= 11 is 0. The highest BCUT2D eigenvalue weighted by atomic mass is 16.5. The molecular formula is C22H22N2O3. The minimum atomic E-state index is -0.488. The van der Waals surface area contributed by atoms with Crippen molar-refractivity contribution in [2.45, 2.75) is 25.8 Å². The first-order chi connectivity index (χ1) is 13.1. The van der Waals surface area contributed by atoms with Crippen LogP contribution in [-0.2, 0) is 9.53 Å². The highest BCUT2D eigenvalue weighted by Gasteiger charge is 2.22. The van der Waals surface area contributed by atoms with Crippen molar-refractivity contribution >= 4 is 11.8 Å². The van der Waals surface area contributed by atoms with Crippen LogP contribution in [0.5, 0.6) is 0 Å². The van der Waals surface area contributed by atoms with Crippen LogP contribution in [0.25, 0.3) is 0 Å². The Morgan fingerprint density at radius 1 is 1.00 bits per heavy atom. The molecule has 0 saturated carbocycles. The van der Waals surface area contributed by atoms with Gasteiger partial charge in [0.05, 0.1) is 24.5 Å². The van der Waals surface area contributed by atoms with E-state index in [4.69, 9.17) is 4.74 Å². The number of Topliss-reactive ketones (excluding diaryl/α,β-unsaturated/α-hetero) is 1. The molecule has 5 heteroatoms. The van der Waals surface area contributed by atoms with Gasteiger partial charge in [0.2, 0.25) is 0 Å². The van der Waals surface area contributed by atoms with E-state index in [1.54, 1.807) is 10.9 Å². The molecule has 0 bridgehead atoms. The molecule has 5 nitrogen and oxygen atoms in total. The molecule has 2 aromatic carbocycles. The van der Waals surface area contributed by atoms with E-state index in [-0.39, 0.29) is 18.4 Å². The number of hydrogen-bond donors (Lipinski definition) is 0. The summed E-state index contributed by atoms with van der Waals surface area (Å²) in [6, 6.07) is 19.1. The van der Waals surface area contributed by atoms with Crippen molar-refractivity contribution < 1.29 is 14.3 Å². The summed E-state index contributed by atoms with van der Waals surface area (Å²) in [5.41, 5.74) is 2.26. The summed E-state index contributed by atoms with van der Waals surface area (Å²) in [6.07, 6.45) is 3.11. The monoisotopic (exact) mass is 362 g/mol. The van der Waals surface area contributed by atoms with Crippen LogP contribution in [0.4, 0.5) is 0 Å². The van der Waals surface area contributed by atoms with Crippen molar-refractivity contribution in [1.29, 1.82) is 0 Å². The number of hydrogen-bond acceptors (Lipinski definition) is 4. The second-order valence-corrected chi connectivity index (χ2v) is 6.45. The topological polar surface area (TPSA) is 61.2 Å². The predicted octanol–water partition coefficient (Wildman–Crippen LogP) is 4.02. The third-order valence-electron chi connectivity index (χ3n) is 4.65. The lowest BCUT2D eigenvalue weighted by atomic mass is 9.96. The van der Waals surface area contributed by atoms with Gasteiger partial charge in [0, 0.05) is 0 Å². The minimum Gasteiger partial charge on any atom is -0.460 e. The summed E-state index contributed by atoms with van der Waals surface area (Å²) in [4.78, 5) is 28.7. The summed E-state index contributed by atoms with van der Waals surface area (Å²) in [6.45, 7) is 3.51. The molecule has 0 aliphatic rings. The summed E-state index contributed by atoms with van der Waals surface area (Å²) in [7, 11) is 0. The van der Waals surface area contributed by atoms with Gasteiger partial charge in [-0.15, -0.1) is 0 Å². The lowest BCUT2D eigenvalue weighted by molar-refractivity contribution is -0.119. The second-order valence-electron chi connectivity index (χ2n) is 6.45. The van der Waals surface area contributed by atoms with Gasteiger partial charge in [0.25, 0.3) is 0 Å². The van der Waals surface area contributed by atoms with E-state index in [0.29, 0.717) is 5.69 Å². The Bertz CT molecular complexity index is 904. The molecule has 1 unspecified atom stereocenters. The molecule has 27 heavy (non-hydrogen) atoms. The number of benzene rings is 2. The first kappa shape index (κ1) is 18.6. The average molecular weight is 362 g/mol. The zero-order valence-corrected chi connectivity index (χ0v) is 15.4. The van der Waals surface area contributed by atoms with Crippen molar-refractivity contribution in [1.82, 2.24) is 9.55 Å². The van der Waals surface area contributed by atoms with Crippen LogP contribution in [0, 0.1) is 0 Å². The van der Waals surface area contributed by atoms with Crippen molar-refractivity contribution in [2.24, 2.45) is 0 Å². The van der Waals surface area contributed by atoms with Crippen molar-refractivity contribution in [3.63, 3.8) is 0 Å². The molecule has 138 valence electrons. The molecule has 3 rings (SSSR count). The molecule has 0 fully saturated rings. The Balaban J connectivity index is 1.74. The van der Waals surface area contributed by atoms with E-state index >= 15 is 0 Å². The molecule has 1 aromatic heterocycles. The first-order valence-corrected chi connectivity index (χ1v) is 8.87. The number of rotatable bonds is 7. The zero-order chi connectivity index (χ0) is 19.2. The normalized spacial score (nSPS) is 13.0. The number of ketones is 1. The van der Waals surface area contributed by atoms with Crippen LogP contribution in [0.1, 0.15) is 47.4 Å². The predicted molar refractivity (Wildman–Crippen MR) is 103 cm³/mol. The number of ether oxygens (including phenoxy) is 1. The molecule has 0 amide bonds. The molecule has 0 spiro atoms. The smallest absolute Gasteiger partial charge is 0.356 e. The third-order valence-corrected chi connectivity index (χ3v) is 4.65. The maximum Gasteiger partial charge on any atom is 0.356 e. The Morgan fingerprint density at radius 2 is 1.59 bits per heavy atom. The van der Waals surface area contributed by atoms with Crippen LogP contribution in [-0.4, -0.2) is 27.9 Å². The fraction of sp³-hybridized carbons (Fsp3) is 0.227. The van der Waals surface area contributed by atoms with Crippen LogP contribution in [0.2, 0.25) is 0 Å². The Hall–Kier alpha value is -3.21. The van der Waals surface area contributed by atoms with Gasteiger partial charge < -0.3 is 9.30 Å².